The monoisotopic (exact) mass is 313 g/mol. The highest BCUT2D eigenvalue weighted by Crippen LogP contribution is 2.31. The molecular weight excluding hydrogens is 297 g/mol. The fourth-order valence-electron chi connectivity index (χ4n) is 2.40. The Morgan fingerprint density at radius 3 is 2.89 bits per heavy atom. The highest BCUT2D eigenvalue weighted by Gasteiger charge is 2.21. The zero-order chi connectivity index (χ0) is 13.3. The molecule has 5 heteroatoms. The maximum Gasteiger partial charge on any atom is 0.161 e. The number of rotatable bonds is 2. The van der Waals surface area contributed by atoms with Crippen LogP contribution in [0.5, 0.6) is 0 Å². The third-order valence-electron chi connectivity index (χ3n) is 3.35. The number of amidine groups is 1. The van der Waals surface area contributed by atoms with E-state index < -0.39 is 0 Å². The Labute approximate surface area is 115 Å². The van der Waals surface area contributed by atoms with Crippen LogP contribution >= 0.6 is 15.9 Å². The van der Waals surface area contributed by atoms with Gasteiger partial charge in [0.1, 0.15) is 5.84 Å². The van der Waals surface area contributed by atoms with Crippen LogP contribution in [0.2, 0.25) is 0 Å². The van der Waals surface area contributed by atoms with Gasteiger partial charge in [-0.1, -0.05) is 6.92 Å². The smallest absolute Gasteiger partial charge is 0.161 e. The molecular formula is C13H17BrFN3. The molecule has 1 unspecified atom stereocenters. The van der Waals surface area contributed by atoms with Crippen molar-refractivity contribution in [2.45, 2.75) is 19.8 Å². The van der Waals surface area contributed by atoms with Crippen LogP contribution in [-0.4, -0.2) is 18.9 Å². The van der Waals surface area contributed by atoms with Gasteiger partial charge in [0.25, 0.3) is 0 Å². The number of nitrogen functional groups attached to an aromatic ring is 1. The highest BCUT2D eigenvalue weighted by atomic mass is 79.9. The maximum atomic E-state index is 14.3. The molecule has 18 heavy (non-hydrogen) atoms. The first-order chi connectivity index (χ1) is 8.50. The number of nitrogens with one attached hydrogen (secondary N) is 1. The number of nitrogens with zero attached hydrogens (tertiary/aromatic N) is 1. The van der Waals surface area contributed by atoms with Crippen molar-refractivity contribution in [3.63, 3.8) is 0 Å². The van der Waals surface area contributed by atoms with Gasteiger partial charge in [-0.05, 0) is 46.8 Å². The summed E-state index contributed by atoms with van der Waals surface area (Å²) < 4.78 is 14.6. The molecule has 0 bridgehead atoms. The summed E-state index contributed by atoms with van der Waals surface area (Å²) in [5.74, 6) is 0.139. The molecule has 1 saturated heterocycles. The normalized spacial score (nSPS) is 19.9. The topological polar surface area (TPSA) is 53.1 Å². The fourth-order valence-corrected chi connectivity index (χ4v) is 2.95. The van der Waals surface area contributed by atoms with Crippen molar-refractivity contribution in [3.05, 3.63) is 28.0 Å². The minimum atomic E-state index is -0.322. The van der Waals surface area contributed by atoms with Gasteiger partial charge in [0.05, 0.1) is 10.2 Å². The van der Waals surface area contributed by atoms with Gasteiger partial charge >= 0.3 is 0 Å². The number of piperidine rings is 1. The first-order valence-corrected chi connectivity index (χ1v) is 6.87. The number of hydrogen-bond acceptors (Lipinski definition) is 2. The minimum absolute atomic E-state index is 0.126. The van der Waals surface area contributed by atoms with Crippen molar-refractivity contribution in [1.82, 2.24) is 0 Å². The van der Waals surface area contributed by atoms with E-state index in [2.05, 4.69) is 27.8 Å². The molecule has 1 aromatic carbocycles. The molecule has 1 fully saturated rings. The second kappa shape index (κ2) is 5.26. The van der Waals surface area contributed by atoms with Crippen molar-refractivity contribution >= 4 is 27.5 Å². The van der Waals surface area contributed by atoms with Crippen molar-refractivity contribution in [1.29, 1.82) is 5.41 Å². The third-order valence-corrected chi connectivity index (χ3v) is 4.13. The lowest BCUT2D eigenvalue weighted by molar-refractivity contribution is 0.442. The summed E-state index contributed by atoms with van der Waals surface area (Å²) in [6, 6.07) is 3.42. The molecule has 0 spiro atoms. The molecule has 0 saturated carbocycles. The molecule has 0 aliphatic carbocycles. The van der Waals surface area contributed by atoms with E-state index in [1.54, 1.807) is 12.1 Å². The van der Waals surface area contributed by atoms with Gasteiger partial charge < -0.3 is 10.6 Å². The Balaban J connectivity index is 2.34. The Hall–Kier alpha value is -1.10. The summed E-state index contributed by atoms with van der Waals surface area (Å²) in [4.78, 5) is 2.07. The second-order valence-corrected chi connectivity index (χ2v) is 5.66. The summed E-state index contributed by atoms with van der Waals surface area (Å²) in [5, 5.41) is 7.39. The number of anilines is 1. The van der Waals surface area contributed by atoms with Crippen LogP contribution in [0.4, 0.5) is 10.1 Å². The van der Waals surface area contributed by atoms with Crippen LogP contribution in [0.15, 0.2) is 16.6 Å². The number of hydrogen-bond donors (Lipinski definition) is 2. The SMILES string of the molecule is CC1CCCN(c2ccc(C(=N)N)c(Br)c2F)C1. The predicted octanol–water partition coefficient (Wildman–Crippen LogP) is 3.11. The molecule has 3 nitrogen and oxygen atoms in total. The van der Waals surface area contributed by atoms with E-state index >= 15 is 0 Å². The molecule has 0 radical (unpaired) electrons. The molecule has 0 amide bonds. The van der Waals surface area contributed by atoms with Gasteiger partial charge in [0.2, 0.25) is 0 Å². The zero-order valence-corrected chi connectivity index (χ0v) is 11.9. The summed E-state index contributed by atoms with van der Waals surface area (Å²) in [7, 11) is 0. The average molecular weight is 314 g/mol. The lowest BCUT2D eigenvalue weighted by atomic mass is 9.99. The van der Waals surface area contributed by atoms with Gasteiger partial charge in [-0.3, -0.25) is 5.41 Å². The summed E-state index contributed by atoms with van der Waals surface area (Å²) in [5.41, 5.74) is 6.41. The molecule has 98 valence electrons. The second-order valence-electron chi connectivity index (χ2n) is 4.87. The van der Waals surface area contributed by atoms with Crippen LogP contribution in [0, 0.1) is 17.1 Å². The Bertz CT molecular complexity index is 476. The standard InChI is InChI=1S/C13H17BrFN3/c1-8-3-2-6-18(7-8)10-5-4-9(13(16)17)11(14)12(10)15/h4-5,8H,2-3,6-7H2,1H3,(H3,16,17). The third kappa shape index (κ3) is 2.51. The van der Waals surface area contributed by atoms with Gasteiger partial charge in [-0.15, -0.1) is 0 Å². The van der Waals surface area contributed by atoms with E-state index in [4.69, 9.17) is 11.1 Å². The zero-order valence-electron chi connectivity index (χ0n) is 10.3. The van der Waals surface area contributed by atoms with E-state index in [9.17, 15) is 4.39 Å². The number of nitrogens with two attached hydrogens (primary N) is 1. The lowest BCUT2D eigenvalue weighted by Gasteiger charge is -2.33. The summed E-state index contributed by atoms with van der Waals surface area (Å²) in [6.07, 6.45) is 2.29. The Morgan fingerprint density at radius 1 is 1.56 bits per heavy atom. The Morgan fingerprint density at radius 2 is 2.28 bits per heavy atom. The fraction of sp³-hybridized carbons (Fsp3) is 0.462. The molecule has 1 aliphatic heterocycles. The van der Waals surface area contributed by atoms with E-state index in [1.165, 1.54) is 6.42 Å². The summed E-state index contributed by atoms with van der Waals surface area (Å²) >= 11 is 3.19. The van der Waals surface area contributed by atoms with Crippen LogP contribution in [0.3, 0.4) is 0 Å². The molecule has 1 atom stereocenters. The maximum absolute atomic E-state index is 14.3. The molecule has 1 aliphatic rings. The van der Waals surface area contributed by atoms with E-state index in [0.29, 0.717) is 17.2 Å². The van der Waals surface area contributed by atoms with Gasteiger partial charge in [0, 0.05) is 18.7 Å². The van der Waals surface area contributed by atoms with E-state index in [1.807, 2.05) is 0 Å². The van der Waals surface area contributed by atoms with Crippen molar-refractivity contribution in [2.75, 3.05) is 18.0 Å². The van der Waals surface area contributed by atoms with Crippen LogP contribution in [-0.2, 0) is 0 Å². The number of benzene rings is 1. The van der Waals surface area contributed by atoms with E-state index in [-0.39, 0.29) is 16.1 Å². The van der Waals surface area contributed by atoms with Gasteiger partial charge in [-0.25, -0.2) is 4.39 Å². The number of halogens is 2. The minimum Gasteiger partial charge on any atom is -0.384 e. The summed E-state index contributed by atoms with van der Waals surface area (Å²) in [6.45, 7) is 3.94. The lowest BCUT2D eigenvalue weighted by Crippen LogP contribution is -2.35. The highest BCUT2D eigenvalue weighted by molar-refractivity contribution is 9.10. The van der Waals surface area contributed by atoms with E-state index in [0.717, 1.165) is 19.5 Å². The van der Waals surface area contributed by atoms with Gasteiger partial charge in [-0.2, -0.15) is 0 Å². The molecule has 1 heterocycles. The predicted molar refractivity (Wildman–Crippen MR) is 75.7 cm³/mol. The van der Waals surface area contributed by atoms with Crippen molar-refractivity contribution in [2.24, 2.45) is 11.7 Å². The first kappa shape index (κ1) is 13.3. The van der Waals surface area contributed by atoms with Crippen LogP contribution < -0.4 is 10.6 Å². The van der Waals surface area contributed by atoms with Crippen molar-refractivity contribution < 1.29 is 4.39 Å². The molecule has 1 aromatic rings. The van der Waals surface area contributed by atoms with Crippen LogP contribution in [0.25, 0.3) is 0 Å². The average Bonchev–Trinajstić information content (AvgIpc) is 2.32. The van der Waals surface area contributed by atoms with Crippen LogP contribution in [0.1, 0.15) is 25.3 Å². The van der Waals surface area contributed by atoms with Gasteiger partial charge in [0.15, 0.2) is 5.82 Å². The molecule has 2 rings (SSSR count). The first-order valence-electron chi connectivity index (χ1n) is 6.08. The molecule has 3 N–H and O–H groups in total. The molecule has 0 aromatic heterocycles. The Kier molecular flexibility index (Phi) is 3.90. The largest absolute Gasteiger partial charge is 0.384 e. The van der Waals surface area contributed by atoms with Crippen molar-refractivity contribution in [3.8, 4) is 0 Å². The quantitative estimate of drug-likeness (QED) is 0.651.